The van der Waals surface area contributed by atoms with Gasteiger partial charge in [-0.2, -0.15) is 0 Å². The van der Waals surface area contributed by atoms with E-state index in [1.165, 1.54) is 24.8 Å². The number of rotatable bonds is 7. The second-order valence-corrected chi connectivity index (χ2v) is 7.80. The molecule has 1 fully saturated rings. The van der Waals surface area contributed by atoms with Gasteiger partial charge in [-0.3, -0.25) is 14.5 Å². The van der Waals surface area contributed by atoms with Gasteiger partial charge in [-0.1, -0.05) is 30.7 Å². The molecule has 2 N–H and O–H groups in total. The summed E-state index contributed by atoms with van der Waals surface area (Å²) in [7, 11) is 0. The lowest BCUT2D eigenvalue weighted by Crippen LogP contribution is -2.29. The number of para-hydroxylation sites is 1. The molecule has 0 radical (unpaired) electrons. The van der Waals surface area contributed by atoms with Crippen molar-refractivity contribution in [2.75, 3.05) is 18.4 Å². The number of piperidine rings is 1. The average Bonchev–Trinajstić information content (AvgIpc) is 3.33. The molecule has 2 heterocycles. The topological polar surface area (TPSA) is 74.6 Å². The molecule has 0 spiro atoms. The van der Waals surface area contributed by atoms with E-state index >= 15 is 0 Å². The van der Waals surface area contributed by atoms with E-state index in [0.717, 1.165) is 19.6 Å². The van der Waals surface area contributed by atoms with Crippen LogP contribution in [-0.2, 0) is 13.1 Å². The van der Waals surface area contributed by atoms with Crippen LogP contribution in [0, 0.1) is 0 Å². The summed E-state index contributed by atoms with van der Waals surface area (Å²) in [4.78, 5) is 27.8. The molecule has 1 aliphatic heterocycles. The van der Waals surface area contributed by atoms with Crippen molar-refractivity contribution in [1.82, 2.24) is 10.2 Å². The monoisotopic (exact) mass is 417 g/mol. The number of furan rings is 1. The zero-order valence-corrected chi connectivity index (χ0v) is 17.5. The van der Waals surface area contributed by atoms with Crippen LogP contribution in [0.5, 0.6) is 0 Å². The molecule has 4 rings (SSSR count). The highest BCUT2D eigenvalue weighted by Gasteiger charge is 2.15. The minimum Gasteiger partial charge on any atom is -0.467 e. The molecule has 1 aromatic heterocycles. The van der Waals surface area contributed by atoms with Gasteiger partial charge in [0.25, 0.3) is 11.8 Å². The van der Waals surface area contributed by atoms with E-state index in [2.05, 4.69) is 15.5 Å². The van der Waals surface area contributed by atoms with E-state index in [-0.39, 0.29) is 18.4 Å². The highest BCUT2D eigenvalue weighted by atomic mass is 16.3. The van der Waals surface area contributed by atoms with Crippen molar-refractivity contribution in [3.05, 3.63) is 89.4 Å². The SMILES string of the molecule is O=C(Nc1ccccc1C(=O)NCc1ccco1)c1ccc(CN2CCCCC2)cc1. The Morgan fingerprint density at radius 1 is 0.871 bits per heavy atom. The van der Waals surface area contributed by atoms with Crippen molar-refractivity contribution in [3.8, 4) is 0 Å². The number of carbonyl (C=O) groups excluding carboxylic acids is 2. The van der Waals surface area contributed by atoms with Gasteiger partial charge in [-0.05, 0) is 67.9 Å². The maximum Gasteiger partial charge on any atom is 0.255 e. The van der Waals surface area contributed by atoms with Gasteiger partial charge in [0, 0.05) is 12.1 Å². The predicted molar refractivity (Wildman–Crippen MR) is 120 cm³/mol. The van der Waals surface area contributed by atoms with Gasteiger partial charge in [0.05, 0.1) is 24.1 Å². The molecule has 2 amide bonds. The number of benzene rings is 2. The molecule has 0 bridgehead atoms. The zero-order chi connectivity index (χ0) is 21.5. The molecule has 160 valence electrons. The Labute approximate surface area is 182 Å². The van der Waals surface area contributed by atoms with Gasteiger partial charge >= 0.3 is 0 Å². The highest BCUT2D eigenvalue weighted by molar-refractivity contribution is 6.09. The van der Waals surface area contributed by atoms with Crippen LogP contribution in [0.1, 0.15) is 51.3 Å². The smallest absolute Gasteiger partial charge is 0.255 e. The molecule has 1 aliphatic rings. The fourth-order valence-corrected chi connectivity index (χ4v) is 3.80. The van der Waals surface area contributed by atoms with Gasteiger partial charge in [-0.15, -0.1) is 0 Å². The summed E-state index contributed by atoms with van der Waals surface area (Å²) in [6.07, 6.45) is 5.40. The van der Waals surface area contributed by atoms with Gasteiger partial charge in [0.2, 0.25) is 0 Å². The number of anilines is 1. The first-order chi connectivity index (χ1) is 15.2. The molecule has 0 atom stereocenters. The Hall–Kier alpha value is -3.38. The van der Waals surface area contributed by atoms with Crippen LogP contribution in [0.3, 0.4) is 0 Å². The highest BCUT2D eigenvalue weighted by Crippen LogP contribution is 2.18. The molecule has 31 heavy (non-hydrogen) atoms. The Balaban J connectivity index is 1.38. The van der Waals surface area contributed by atoms with E-state index in [1.807, 2.05) is 24.3 Å². The predicted octanol–water partition coefficient (Wildman–Crippen LogP) is 4.45. The van der Waals surface area contributed by atoms with Crippen LogP contribution in [-0.4, -0.2) is 29.8 Å². The quantitative estimate of drug-likeness (QED) is 0.596. The van der Waals surface area contributed by atoms with Crippen LogP contribution in [0.25, 0.3) is 0 Å². The van der Waals surface area contributed by atoms with Crippen LogP contribution in [0.2, 0.25) is 0 Å². The first kappa shape index (κ1) is 20.9. The maximum atomic E-state index is 12.8. The molecule has 1 saturated heterocycles. The standard InChI is InChI=1S/C25H27N3O3/c29-24(20-12-10-19(11-13-20)18-28-14-4-1-5-15-28)27-23-9-3-2-8-22(23)25(30)26-17-21-7-6-16-31-21/h2-3,6-13,16H,1,4-5,14-15,17-18H2,(H,26,30)(H,27,29). The Kier molecular flexibility index (Phi) is 6.79. The van der Waals surface area contributed by atoms with Gasteiger partial charge in [0.15, 0.2) is 0 Å². The molecular formula is C25H27N3O3. The molecule has 2 aromatic carbocycles. The molecule has 0 aliphatic carbocycles. The summed E-state index contributed by atoms with van der Waals surface area (Å²) >= 11 is 0. The van der Waals surface area contributed by atoms with Crippen LogP contribution in [0.15, 0.2) is 71.3 Å². The average molecular weight is 418 g/mol. The lowest BCUT2D eigenvalue weighted by molar-refractivity contribution is 0.0949. The lowest BCUT2D eigenvalue weighted by atomic mass is 10.1. The Bertz CT molecular complexity index is 1010. The summed E-state index contributed by atoms with van der Waals surface area (Å²) in [5, 5.41) is 5.68. The van der Waals surface area contributed by atoms with E-state index < -0.39 is 0 Å². The minimum absolute atomic E-state index is 0.240. The fraction of sp³-hybridized carbons (Fsp3) is 0.280. The number of nitrogens with zero attached hydrogens (tertiary/aromatic N) is 1. The van der Waals surface area contributed by atoms with Crippen LogP contribution >= 0.6 is 0 Å². The minimum atomic E-state index is -0.274. The van der Waals surface area contributed by atoms with E-state index in [0.29, 0.717) is 22.6 Å². The number of hydrogen-bond donors (Lipinski definition) is 2. The third kappa shape index (κ3) is 5.61. The zero-order valence-electron chi connectivity index (χ0n) is 17.5. The summed E-state index contributed by atoms with van der Waals surface area (Å²) < 4.78 is 5.24. The first-order valence-electron chi connectivity index (χ1n) is 10.7. The van der Waals surface area contributed by atoms with E-state index in [4.69, 9.17) is 4.42 Å². The third-order valence-corrected chi connectivity index (χ3v) is 5.49. The van der Waals surface area contributed by atoms with Gasteiger partial charge in [-0.25, -0.2) is 0 Å². The summed E-state index contributed by atoms with van der Waals surface area (Å²) in [5.74, 6) is 0.152. The Morgan fingerprint density at radius 3 is 2.39 bits per heavy atom. The molecule has 0 saturated carbocycles. The van der Waals surface area contributed by atoms with Gasteiger partial charge in [0.1, 0.15) is 5.76 Å². The van der Waals surface area contributed by atoms with Crippen molar-refractivity contribution < 1.29 is 14.0 Å². The fourth-order valence-electron chi connectivity index (χ4n) is 3.80. The molecule has 6 nitrogen and oxygen atoms in total. The second kappa shape index (κ2) is 10.1. The lowest BCUT2D eigenvalue weighted by Gasteiger charge is -2.26. The number of carbonyl (C=O) groups is 2. The maximum absolute atomic E-state index is 12.8. The largest absolute Gasteiger partial charge is 0.467 e. The van der Waals surface area contributed by atoms with Gasteiger partial charge < -0.3 is 15.1 Å². The number of hydrogen-bond acceptors (Lipinski definition) is 4. The molecule has 3 aromatic rings. The number of likely N-dealkylation sites (tertiary alicyclic amines) is 1. The van der Waals surface area contributed by atoms with Crippen molar-refractivity contribution in [2.24, 2.45) is 0 Å². The summed E-state index contributed by atoms with van der Waals surface area (Å²) in [6.45, 7) is 3.48. The molecule has 0 unspecified atom stereocenters. The summed E-state index contributed by atoms with van der Waals surface area (Å²) in [5.41, 5.74) is 2.65. The normalized spacial score (nSPS) is 14.2. The number of nitrogens with one attached hydrogen (secondary N) is 2. The number of amides is 2. The van der Waals surface area contributed by atoms with E-state index in [1.54, 1.807) is 42.7 Å². The van der Waals surface area contributed by atoms with Crippen LogP contribution < -0.4 is 10.6 Å². The molecule has 6 heteroatoms. The molecular weight excluding hydrogens is 390 g/mol. The van der Waals surface area contributed by atoms with Crippen molar-refractivity contribution in [1.29, 1.82) is 0 Å². The van der Waals surface area contributed by atoms with Crippen molar-refractivity contribution in [3.63, 3.8) is 0 Å². The van der Waals surface area contributed by atoms with E-state index in [9.17, 15) is 9.59 Å². The van der Waals surface area contributed by atoms with Crippen LogP contribution in [0.4, 0.5) is 5.69 Å². The van der Waals surface area contributed by atoms with Crippen molar-refractivity contribution >= 4 is 17.5 Å². The van der Waals surface area contributed by atoms with Crippen molar-refractivity contribution in [2.45, 2.75) is 32.4 Å². The first-order valence-corrected chi connectivity index (χ1v) is 10.7. The Morgan fingerprint density at radius 2 is 1.65 bits per heavy atom. The second-order valence-electron chi connectivity index (χ2n) is 7.80. The third-order valence-electron chi connectivity index (χ3n) is 5.49. The summed E-state index contributed by atoms with van der Waals surface area (Å²) in [6, 6.07) is 18.2.